The first-order valence-electron chi connectivity index (χ1n) is 9.60. The fourth-order valence-electron chi connectivity index (χ4n) is 4.58. The first-order chi connectivity index (χ1) is 14.4. The van der Waals surface area contributed by atoms with Crippen LogP contribution >= 0.6 is 0 Å². The van der Waals surface area contributed by atoms with Gasteiger partial charge in [0.15, 0.2) is 5.82 Å². The second-order valence-electron chi connectivity index (χ2n) is 7.71. The molecule has 2 bridgehead atoms. The molecule has 2 fully saturated rings. The summed E-state index contributed by atoms with van der Waals surface area (Å²) in [6.45, 7) is 2.06. The SMILES string of the molecule is COc1cc(NC(=O)[C@@H]2[C@H]3C=C[C@]4(CN(c5cc(C)on5)C(=O)[C@@H]24)O3)cc(OC)c1. The Kier molecular flexibility index (Phi) is 4.11. The second kappa shape index (κ2) is 6.60. The van der Waals surface area contributed by atoms with E-state index in [2.05, 4.69) is 10.5 Å². The van der Waals surface area contributed by atoms with E-state index in [-0.39, 0.29) is 11.8 Å². The minimum atomic E-state index is -0.831. The monoisotopic (exact) mass is 411 g/mol. The molecule has 4 atom stereocenters. The van der Waals surface area contributed by atoms with E-state index in [1.54, 1.807) is 31.2 Å². The standard InChI is InChI=1S/C21H21N3O6/c1-11-6-16(23-30-11)24-10-21-5-4-15(29-21)17(18(21)20(24)26)19(25)22-12-7-13(27-2)9-14(8-12)28-3/h4-9,15,17-18H,10H2,1-3H3,(H,22,25)/t15-,17-,18-,21-/m1/s1. The van der Waals surface area contributed by atoms with Crippen LogP contribution in [-0.2, 0) is 14.3 Å². The van der Waals surface area contributed by atoms with Gasteiger partial charge in [-0.05, 0) is 6.92 Å². The fraction of sp³-hybridized carbons (Fsp3) is 0.381. The predicted molar refractivity (Wildman–Crippen MR) is 105 cm³/mol. The summed E-state index contributed by atoms with van der Waals surface area (Å²) in [6.07, 6.45) is 3.30. The number of hydrogen-bond donors (Lipinski definition) is 1. The van der Waals surface area contributed by atoms with Crippen LogP contribution in [0.5, 0.6) is 11.5 Å². The molecule has 0 radical (unpaired) electrons. The minimum absolute atomic E-state index is 0.196. The number of nitrogens with zero attached hydrogens (tertiary/aromatic N) is 2. The van der Waals surface area contributed by atoms with Crippen LogP contribution in [0.15, 0.2) is 40.9 Å². The van der Waals surface area contributed by atoms with Crippen molar-refractivity contribution in [1.82, 2.24) is 5.16 Å². The van der Waals surface area contributed by atoms with Gasteiger partial charge in [0, 0.05) is 30.0 Å². The van der Waals surface area contributed by atoms with Crippen molar-refractivity contribution < 1.29 is 28.3 Å². The van der Waals surface area contributed by atoms with Crippen LogP contribution in [-0.4, -0.2) is 49.4 Å². The highest BCUT2D eigenvalue weighted by Crippen LogP contribution is 2.52. The van der Waals surface area contributed by atoms with Gasteiger partial charge in [0.2, 0.25) is 11.8 Å². The van der Waals surface area contributed by atoms with E-state index in [1.807, 2.05) is 12.2 Å². The van der Waals surface area contributed by atoms with Gasteiger partial charge in [-0.3, -0.25) is 14.5 Å². The van der Waals surface area contributed by atoms with E-state index in [9.17, 15) is 9.59 Å². The molecule has 1 aromatic carbocycles. The summed E-state index contributed by atoms with van der Waals surface area (Å²) in [5.41, 5.74) is -0.311. The molecular formula is C21H21N3O6. The number of carbonyl (C=O) groups excluding carboxylic acids is 2. The largest absolute Gasteiger partial charge is 0.497 e. The van der Waals surface area contributed by atoms with Gasteiger partial charge in [-0.25, -0.2) is 0 Å². The summed E-state index contributed by atoms with van der Waals surface area (Å²) in [4.78, 5) is 28.0. The van der Waals surface area contributed by atoms with Gasteiger partial charge < -0.3 is 24.1 Å². The number of methoxy groups -OCH3 is 2. The van der Waals surface area contributed by atoms with Crippen molar-refractivity contribution in [2.24, 2.45) is 11.8 Å². The van der Waals surface area contributed by atoms with E-state index >= 15 is 0 Å². The zero-order valence-electron chi connectivity index (χ0n) is 16.7. The van der Waals surface area contributed by atoms with Crippen LogP contribution < -0.4 is 19.7 Å². The number of hydrogen-bond acceptors (Lipinski definition) is 7. The maximum absolute atomic E-state index is 13.3. The summed E-state index contributed by atoms with van der Waals surface area (Å²) in [6, 6.07) is 6.80. The zero-order chi connectivity index (χ0) is 21.0. The number of carbonyl (C=O) groups is 2. The Hall–Kier alpha value is -3.33. The Balaban J connectivity index is 1.42. The lowest BCUT2D eigenvalue weighted by atomic mass is 9.77. The maximum Gasteiger partial charge on any atom is 0.235 e. The summed E-state index contributed by atoms with van der Waals surface area (Å²) >= 11 is 0. The highest BCUT2D eigenvalue weighted by molar-refractivity contribution is 6.05. The van der Waals surface area contributed by atoms with Gasteiger partial charge in [-0.2, -0.15) is 0 Å². The molecule has 3 aliphatic heterocycles. The van der Waals surface area contributed by atoms with Gasteiger partial charge in [0.1, 0.15) is 22.9 Å². The molecule has 3 aliphatic rings. The molecule has 4 heterocycles. The van der Waals surface area contributed by atoms with Crippen molar-refractivity contribution in [3.63, 3.8) is 0 Å². The number of aromatic nitrogens is 1. The molecule has 156 valence electrons. The highest BCUT2D eigenvalue weighted by atomic mass is 16.5. The van der Waals surface area contributed by atoms with Crippen LogP contribution in [0.3, 0.4) is 0 Å². The van der Waals surface area contributed by atoms with Crippen molar-refractivity contribution in [2.45, 2.75) is 18.6 Å². The Morgan fingerprint density at radius 2 is 1.97 bits per heavy atom. The average Bonchev–Trinajstić information content (AvgIpc) is 3.48. The molecule has 2 saturated heterocycles. The molecule has 1 aromatic heterocycles. The number of amides is 2. The number of aryl methyl sites for hydroxylation is 1. The molecule has 1 N–H and O–H groups in total. The maximum atomic E-state index is 13.3. The van der Waals surface area contributed by atoms with Crippen LogP contribution in [0.25, 0.3) is 0 Å². The molecule has 9 nitrogen and oxygen atoms in total. The lowest BCUT2D eigenvalue weighted by molar-refractivity contribution is -0.128. The van der Waals surface area contributed by atoms with E-state index in [1.165, 1.54) is 19.1 Å². The van der Waals surface area contributed by atoms with Crippen molar-refractivity contribution >= 4 is 23.3 Å². The zero-order valence-corrected chi connectivity index (χ0v) is 16.7. The summed E-state index contributed by atoms with van der Waals surface area (Å²) < 4.78 is 21.8. The Morgan fingerprint density at radius 1 is 1.23 bits per heavy atom. The Morgan fingerprint density at radius 3 is 2.60 bits per heavy atom. The van der Waals surface area contributed by atoms with Gasteiger partial charge in [0.05, 0.1) is 38.7 Å². The lowest BCUT2D eigenvalue weighted by Crippen LogP contribution is -2.41. The third-order valence-electron chi connectivity index (χ3n) is 5.91. The smallest absolute Gasteiger partial charge is 0.235 e. The normalized spacial score (nSPS) is 28.7. The first kappa shape index (κ1) is 18.7. The molecule has 2 aromatic rings. The fourth-order valence-corrected chi connectivity index (χ4v) is 4.58. The topological polar surface area (TPSA) is 103 Å². The van der Waals surface area contributed by atoms with E-state index in [0.717, 1.165) is 0 Å². The van der Waals surface area contributed by atoms with Gasteiger partial charge in [0.25, 0.3) is 0 Å². The Bertz CT molecular complexity index is 1040. The van der Waals surface area contributed by atoms with Crippen LogP contribution in [0, 0.1) is 18.8 Å². The van der Waals surface area contributed by atoms with E-state index in [4.69, 9.17) is 18.7 Å². The number of nitrogens with one attached hydrogen (secondary N) is 1. The van der Waals surface area contributed by atoms with Gasteiger partial charge >= 0.3 is 0 Å². The van der Waals surface area contributed by atoms with Crippen molar-refractivity contribution in [3.05, 3.63) is 42.2 Å². The molecule has 30 heavy (non-hydrogen) atoms. The quantitative estimate of drug-likeness (QED) is 0.750. The third-order valence-corrected chi connectivity index (χ3v) is 5.91. The minimum Gasteiger partial charge on any atom is -0.497 e. The molecule has 0 aliphatic carbocycles. The average molecular weight is 411 g/mol. The molecular weight excluding hydrogens is 390 g/mol. The van der Waals surface area contributed by atoms with Crippen LogP contribution in [0.4, 0.5) is 11.5 Å². The lowest BCUT2D eigenvalue weighted by Gasteiger charge is -2.23. The van der Waals surface area contributed by atoms with Crippen molar-refractivity contribution in [2.75, 3.05) is 31.0 Å². The number of fused-ring (bicyclic) bond motifs is 1. The highest BCUT2D eigenvalue weighted by Gasteiger charge is 2.67. The molecule has 5 rings (SSSR count). The first-order valence-corrected chi connectivity index (χ1v) is 9.60. The van der Waals surface area contributed by atoms with Crippen LogP contribution in [0.2, 0.25) is 0 Å². The molecule has 9 heteroatoms. The summed E-state index contributed by atoms with van der Waals surface area (Å²) in [7, 11) is 3.08. The third kappa shape index (κ3) is 2.69. The van der Waals surface area contributed by atoms with E-state index in [0.29, 0.717) is 35.3 Å². The van der Waals surface area contributed by atoms with Crippen molar-refractivity contribution in [1.29, 1.82) is 0 Å². The number of anilines is 2. The molecule has 0 unspecified atom stereocenters. The predicted octanol–water partition coefficient (Wildman–Crippen LogP) is 1.93. The van der Waals surface area contributed by atoms with Gasteiger partial charge in [-0.1, -0.05) is 17.3 Å². The van der Waals surface area contributed by atoms with Crippen LogP contribution in [0.1, 0.15) is 5.76 Å². The van der Waals surface area contributed by atoms with E-state index < -0.39 is 23.5 Å². The number of ether oxygens (including phenoxy) is 3. The number of rotatable bonds is 5. The second-order valence-corrected chi connectivity index (χ2v) is 7.71. The summed E-state index contributed by atoms with van der Waals surface area (Å²) in [5, 5.41) is 6.84. The summed E-state index contributed by atoms with van der Waals surface area (Å²) in [5.74, 6) is 0.364. The van der Waals surface area contributed by atoms with Crippen molar-refractivity contribution in [3.8, 4) is 11.5 Å². The molecule has 2 amide bonds. The number of benzene rings is 1. The Labute approximate surface area is 172 Å². The van der Waals surface area contributed by atoms with Gasteiger partial charge in [-0.15, -0.1) is 0 Å². The molecule has 1 spiro atoms. The molecule has 0 saturated carbocycles.